The van der Waals surface area contributed by atoms with E-state index >= 15 is 0 Å². The molecule has 0 saturated carbocycles. The van der Waals surface area contributed by atoms with E-state index in [-0.39, 0.29) is 23.7 Å². The number of amides is 1. The number of sulfonamides is 1. The maximum atomic E-state index is 13.5. The highest BCUT2D eigenvalue weighted by molar-refractivity contribution is 7.92. The molecule has 0 radical (unpaired) electrons. The van der Waals surface area contributed by atoms with Gasteiger partial charge in [-0.2, -0.15) is 0 Å². The predicted octanol–water partition coefficient (Wildman–Crippen LogP) is 3.23. The fourth-order valence-corrected chi connectivity index (χ4v) is 4.66. The van der Waals surface area contributed by atoms with Crippen LogP contribution >= 0.6 is 0 Å². The minimum atomic E-state index is -4.07. The average Bonchev–Trinajstić information content (AvgIpc) is 2.87. The molecule has 1 amide bonds. The van der Waals surface area contributed by atoms with Crippen LogP contribution in [-0.4, -0.2) is 48.2 Å². The lowest BCUT2D eigenvalue weighted by Gasteiger charge is -2.24. The number of rotatable bonds is 12. The SMILES string of the molecule is COc1ccc(S(=O)(=O)N(CC(=O)NCCOCc2ccccc2)c2ccccc2)cc1OC. The summed E-state index contributed by atoms with van der Waals surface area (Å²) in [4.78, 5) is 12.6. The van der Waals surface area contributed by atoms with Gasteiger partial charge in [0.05, 0.1) is 38.0 Å². The van der Waals surface area contributed by atoms with Crippen LogP contribution in [0, 0.1) is 0 Å². The largest absolute Gasteiger partial charge is 0.493 e. The third-order valence-corrected chi connectivity index (χ3v) is 6.72. The van der Waals surface area contributed by atoms with Gasteiger partial charge in [0.2, 0.25) is 5.91 Å². The summed E-state index contributed by atoms with van der Waals surface area (Å²) in [5.74, 6) is 0.230. The molecule has 34 heavy (non-hydrogen) atoms. The van der Waals surface area contributed by atoms with E-state index in [2.05, 4.69) is 5.32 Å². The third-order valence-electron chi connectivity index (χ3n) is 4.95. The summed E-state index contributed by atoms with van der Waals surface area (Å²) in [6.45, 7) is 0.596. The number of anilines is 1. The van der Waals surface area contributed by atoms with Gasteiger partial charge in [0, 0.05) is 12.6 Å². The molecule has 9 heteroatoms. The second-order valence-electron chi connectivity index (χ2n) is 7.25. The van der Waals surface area contributed by atoms with Gasteiger partial charge in [0.1, 0.15) is 6.54 Å². The first-order chi connectivity index (χ1) is 16.5. The van der Waals surface area contributed by atoms with Crippen LogP contribution in [-0.2, 0) is 26.2 Å². The van der Waals surface area contributed by atoms with Gasteiger partial charge < -0.3 is 19.5 Å². The Bertz CT molecular complexity index is 1170. The van der Waals surface area contributed by atoms with E-state index in [4.69, 9.17) is 14.2 Å². The summed E-state index contributed by atoms with van der Waals surface area (Å²) < 4.78 is 44.1. The van der Waals surface area contributed by atoms with Crippen molar-refractivity contribution in [1.29, 1.82) is 0 Å². The van der Waals surface area contributed by atoms with E-state index in [9.17, 15) is 13.2 Å². The van der Waals surface area contributed by atoms with Crippen LogP contribution < -0.4 is 19.1 Å². The molecule has 3 rings (SSSR count). The zero-order valence-electron chi connectivity index (χ0n) is 19.1. The minimum absolute atomic E-state index is 0.0204. The highest BCUT2D eigenvalue weighted by Gasteiger charge is 2.28. The Labute approximate surface area is 200 Å². The Hall–Kier alpha value is -3.56. The van der Waals surface area contributed by atoms with E-state index < -0.39 is 15.9 Å². The van der Waals surface area contributed by atoms with Gasteiger partial charge in [-0.25, -0.2) is 8.42 Å². The summed E-state index contributed by atoms with van der Waals surface area (Å²) >= 11 is 0. The Morgan fingerprint density at radius 3 is 2.18 bits per heavy atom. The maximum absolute atomic E-state index is 13.5. The smallest absolute Gasteiger partial charge is 0.264 e. The molecule has 0 spiro atoms. The summed E-state index contributed by atoms with van der Waals surface area (Å²) in [7, 11) is -1.18. The number of hydrogen-bond donors (Lipinski definition) is 1. The summed E-state index contributed by atoms with van der Waals surface area (Å²) in [6, 6.07) is 22.5. The fourth-order valence-electron chi connectivity index (χ4n) is 3.23. The van der Waals surface area contributed by atoms with Crippen molar-refractivity contribution < 1.29 is 27.4 Å². The second kappa shape index (κ2) is 12.1. The lowest BCUT2D eigenvalue weighted by atomic mass is 10.2. The molecule has 0 aromatic heterocycles. The molecule has 8 nitrogen and oxygen atoms in total. The van der Waals surface area contributed by atoms with Crippen molar-refractivity contribution >= 4 is 21.6 Å². The van der Waals surface area contributed by atoms with Crippen LogP contribution in [0.5, 0.6) is 11.5 Å². The second-order valence-corrected chi connectivity index (χ2v) is 9.11. The number of carbonyl (C=O) groups excluding carboxylic acids is 1. The molecule has 0 aliphatic heterocycles. The first-order valence-electron chi connectivity index (χ1n) is 10.6. The molecule has 3 aromatic carbocycles. The van der Waals surface area contributed by atoms with Gasteiger partial charge in [-0.3, -0.25) is 9.10 Å². The standard InChI is InChI=1S/C25H28N2O6S/c1-31-23-14-13-22(17-24(23)32-2)34(29,30)27(21-11-7-4-8-12-21)18-25(28)26-15-16-33-19-20-9-5-3-6-10-20/h3-14,17H,15-16,18-19H2,1-2H3,(H,26,28). The summed E-state index contributed by atoms with van der Waals surface area (Å²) in [5, 5.41) is 2.72. The molecule has 1 N–H and O–H groups in total. The molecule has 3 aromatic rings. The number of nitrogens with one attached hydrogen (secondary N) is 1. The Balaban J connectivity index is 1.69. The molecular formula is C25H28N2O6S. The average molecular weight is 485 g/mol. The molecule has 0 aliphatic carbocycles. The highest BCUT2D eigenvalue weighted by atomic mass is 32.2. The molecule has 0 fully saturated rings. The Morgan fingerprint density at radius 1 is 0.882 bits per heavy atom. The van der Waals surface area contributed by atoms with Crippen molar-refractivity contribution in [3.8, 4) is 11.5 Å². The van der Waals surface area contributed by atoms with Gasteiger partial charge in [-0.15, -0.1) is 0 Å². The van der Waals surface area contributed by atoms with Gasteiger partial charge in [0.15, 0.2) is 11.5 Å². The fraction of sp³-hybridized carbons (Fsp3) is 0.240. The van der Waals surface area contributed by atoms with Gasteiger partial charge in [-0.05, 0) is 29.8 Å². The third kappa shape index (κ3) is 6.49. The van der Waals surface area contributed by atoms with E-state index in [1.165, 1.54) is 32.4 Å². The lowest BCUT2D eigenvalue weighted by molar-refractivity contribution is -0.119. The topological polar surface area (TPSA) is 94.2 Å². The zero-order chi connectivity index (χ0) is 24.4. The minimum Gasteiger partial charge on any atom is -0.493 e. The van der Waals surface area contributed by atoms with Gasteiger partial charge in [0.25, 0.3) is 10.0 Å². The highest BCUT2D eigenvalue weighted by Crippen LogP contribution is 2.32. The van der Waals surface area contributed by atoms with Gasteiger partial charge >= 0.3 is 0 Å². The molecule has 0 bridgehead atoms. The molecule has 0 aliphatic rings. The number of hydrogen-bond acceptors (Lipinski definition) is 6. The van der Waals surface area contributed by atoms with Crippen molar-refractivity contribution in [2.24, 2.45) is 0 Å². The number of para-hydroxylation sites is 1. The summed E-state index contributed by atoms with van der Waals surface area (Å²) in [5.41, 5.74) is 1.40. The molecule has 0 atom stereocenters. The van der Waals surface area contributed by atoms with E-state index in [1.54, 1.807) is 30.3 Å². The normalized spacial score (nSPS) is 11.0. The maximum Gasteiger partial charge on any atom is 0.264 e. The predicted molar refractivity (Wildman–Crippen MR) is 130 cm³/mol. The van der Waals surface area contributed by atoms with Crippen molar-refractivity contribution in [1.82, 2.24) is 5.32 Å². The van der Waals surface area contributed by atoms with Crippen molar-refractivity contribution in [2.75, 3.05) is 38.2 Å². The van der Waals surface area contributed by atoms with E-state index in [1.807, 2.05) is 30.3 Å². The van der Waals surface area contributed by atoms with Crippen molar-refractivity contribution in [3.63, 3.8) is 0 Å². The zero-order valence-corrected chi connectivity index (χ0v) is 20.0. The molecular weight excluding hydrogens is 456 g/mol. The van der Waals surface area contributed by atoms with E-state index in [0.717, 1.165) is 9.87 Å². The number of benzene rings is 3. The lowest BCUT2D eigenvalue weighted by Crippen LogP contribution is -2.41. The van der Waals surface area contributed by atoms with Crippen molar-refractivity contribution in [2.45, 2.75) is 11.5 Å². The molecule has 180 valence electrons. The molecule has 0 heterocycles. The Kier molecular flexibility index (Phi) is 8.89. The van der Waals surface area contributed by atoms with E-state index in [0.29, 0.717) is 24.7 Å². The van der Waals surface area contributed by atoms with Crippen molar-refractivity contribution in [3.05, 3.63) is 84.4 Å². The number of methoxy groups -OCH3 is 2. The van der Waals surface area contributed by atoms with Crippen LogP contribution in [0.15, 0.2) is 83.8 Å². The van der Waals surface area contributed by atoms with Crippen LogP contribution in [0.1, 0.15) is 5.56 Å². The quantitative estimate of drug-likeness (QED) is 0.397. The van der Waals surface area contributed by atoms with Crippen LogP contribution in [0.25, 0.3) is 0 Å². The first kappa shape index (κ1) is 25.1. The van der Waals surface area contributed by atoms with Crippen LogP contribution in [0.4, 0.5) is 5.69 Å². The van der Waals surface area contributed by atoms with Gasteiger partial charge in [-0.1, -0.05) is 48.5 Å². The van der Waals surface area contributed by atoms with Crippen LogP contribution in [0.3, 0.4) is 0 Å². The number of carbonyl (C=O) groups is 1. The first-order valence-corrected chi connectivity index (χ1v) is 12.1. The number of ether oxygens (including phenoxy) is 3. The Morgan fingerprint density at radius 2 is 1.53 bits per heavy atom. The molecule has 0 saturated heterocycles. The summed E-state index contributed by atoms with van der Waals surface area (Å²) in [6.07, 6.45) is 0. The molecule has 0 unspecified atom stereocenters. The van der Waals surface area contributed by atoms with Crippen LogP contribution in [0.2, 0.25) is 0 Å². The number of nitrogens with zero attached hydrogens (tertiary/aromatic N) is 1. The monoisotopic (exact) mass is 484 g/mol.